The molecule has 0 saturated carbocycles. The van der Waals surface area contributed by atoms with E-state index >= 15 is 0 Å². The van der Waals surface area contributed by atoms with E-state index < -0.39 is 0 Å². The fraction of sp³-hybridized carbons (Fsp3) is 0.158. The minimum absolute atomic E-state index is 0.920. The summed E-state index contributed by atoms with van der Waals surface area (Å²) in [4.78, 5) is 12.0. The van der Waals surface area contributed by atoms with Crippen molar-refractivity contribution in [3.63, 3.8) is 0 Å². The number of aromatic amines is 1. The third kappa shape index (κ3) is 2.27. The summed E-state index contributed by atoms with van der Waals surface area (Å²) in [7, 11) is 0. The lowest BCUT2D eigenvalue weighted by Crippen LogP contribution is -1.90. The molecular formula is C19H16N4. The molecule has 0 atom stereocenters. The molecule has 0 saturated heterocycles. The van der Waals surface area contributed by atoms with Gasteiger partial charge in [0.25, 0.3) is 0 Å². The maximum absolute atomic E-state index is 4.44. The van der Waals surface area contributed by atoms with Gasteiger partial charge in [-0.15, -0.1) is 0 Å². The average molecular weight is 300 g/mol. The van der Waals surface area contributed by atoms with Gasteiger partial charge in [-0.2, -0.15) is 0 Å². The van der Waals surface area contributed by atoms with E-state index in [9.17, 15) is 0 Å². The minimum atomic E-state index is 0.920. The molecule has 3 aromatic heterocycles. The third-order valence-corrected chi connectivity index (χ3v) is 4.09. The first-order valence-corrected chi connectivity index (χ1v) is 7.66. The first kappa shape index (κ1) is 13.6. The first-order valence-electron chi connectivity index (χ1n) is 7.66. The lowest BCUT2D eigenvalue weighted by atomic mass is 10.1. The van der Waals surface area contributed by atoms with Crippen LogP contribution in [-0.4, -0.2) is 19.5 Å². The van der Waals surface area contributed by atoms with Crippen LogP contribution in [0, 0.1) is 18.8 Å². The van der Waals surface area contributed by atoms with Crippen molar-refractivity contribution in [2.45, 2.75) is 20.4 Å². The lowest BCUT2D eigenvalue weighted by molar-refractivity contribution is 0.787. The zero-order valence-electron chi connectivity index (χ0n) is 13.1. The van der Waals surface area contributed by atoms with Crippen LogP contribution in [0.15, 0.2) is 43.0 Å². The zero-order chi connectivity index (χ0) is 15.8. The van der Waals surface area contributed by atoms with Crippen LogP contribution in [-0.2, 0) is 6.54 Å². The Morgan fingerprint density at radius 3 is 2.96 bits per heavy atom. The lowest BCUT2D eigenvalue weighted by Gasteiger charge is -1.98. The van der Waals surface area contributed by atoms with E-state index in [1.165, 1.54) is 0 Å². The number of hydrogen-bond acceptors (Lipinski definition) is 2. The molecule has 0 aliphatic heterocycles. The van der Waals surface area contributed by atoms with Crippen LogP contribution >= 0.6 is 0 Å². The highest BCUT2D eigenvalue weighted by atomic mass is 15.0. The Hall–Kier alpha value is -3.06. The largest absolute Gasteiger partial charge is 0.360 e. The summed E-state index contributed by atoms with van der Waals surface area (Å²) in [6.45, 7) is 5.04. The summed E-state index contributed by atoms with van der Waals surface area (Å²) >= 11 is 0. The van der Waals surface area contributed by atoms with Crippen LogP contribution in [0.1, 0.15) is 23.7 Å². The van der Waals surface area contributed by atoms with E-state index in [1.54, 1.807) is 0 Å². The monoisotopic (exact) mass is 300 g/mol. The molecule has 4 aromatic rings. The normalized spacial score (nSPS) is 10.9. The number of nitrogens with zero attached hydrogens (tertiary/aromatic N) is 3. The Labute approximate surface area is 134 Å². The molecule has 0 unspecified atom stereocenters. The maximum atomic E-state index is 4.44. The highest BCUT2D eigenvalue weighted by Gasteiger charge is 2.05. The second kappa shape index (κ2) is 5.29. The number of imidazole rings is 1. The standard InChI is InChI=1S/C19H16N4/c1-3-23-12-22-17-10-14(5-7-18(17)23)4-6-15-11-21-16-8-9-20-13(2)19(15)16/h5,7-12,21H,3H2,1-2H3. The van der Waals surface area contributed by atoms with Gasteiger partial charge < -0.3 is 9.55 Å². The second-order valence-corrected chi connectivity index (χ2v) is 5.51. The molecule has 0 bridgehead atoms. The van der Waals surface area contributed by atoms with Crippen LogP contribution in [0.2, 0.25) is 0 Å². The van der Waals surface area contributed by atoms with Crippen molar-refractivity contribution in [3.05, 3.63) is 59.8 Å². The molecule has 0 aliphatic rings. The van der Waals surface area contributed by atoms with Gasteiger partial charge in [-0.25, -0.2) is 4.98 Å². The van der Waals surface area contributed by atoms with Gasteiger partial charge in [-0.1, -0.05) is 11.8 Å². The van der Waals surface area contributed by atoms with Crippen molar-refractivity contribution in [1.29, 1.82) is 0 Å². The molecule has 112 valence electrons. The first-order chi connectivity index (χ1) is 11.3. The maximum Gasteiger partial charge on any atom is 0.0958 e. The van der Waals surface area contributed by atoms with E-state index in [4.69, 9.17) is 0 Å². The topological polar surface area (TPSA) is 46.5 Å². The van der Waals surface area contributed by atoms with E-state index in [2.05, 4.69) is 44.4 Å². The van der Waals surface area contributed by atoms with Crippen LogP contribution in [0.25, 0.3) is 21.9 Å². The molecule has 1 N–H and O–H groups in total. The zero-order valence-corrected chi connectivity index (χ0v) is 13.1. The van der Waals surface area contributed by atoms with Crippen molar-refractivity contribution in [1.82, 2.24) is 19.5 Å². The molecule has 4 heteroatoms. The summed E-state index contributed by atoms with van der Waals surface area (Å²) < 4.78 is 2.13. The molecule has 23 heavy (non-hydrogen) atoms. The number of rotatable bonds is 1. The van der Waals surface area contributed by atoms with E-state index in [1.807, 2.05) is 43.8 Å². The second-order valence-electron chi connectivity index (χ2n) is 5.51. The van der Waals surface area contributed by atoms with E-state index in [0.717, 1.165) is 45.3 Å². The summed E-state index contributed by atoms with van der Waals surface area (Å²) in [6.07, 6.45) is 5.62. The van der Waals surface area contributed by atoms with Gasteiger partial charge in [0.15, 0.2) is 0 Å². The SMILES string of the molecule is CCn1cnc2cc(C#Cc3c[nH]c4ccnc(C)c34)ccc21. The van der Waals surface area contributed by atoms with Gasteiger partial charge in [0, 0.05) is 35.6 Å². The summed E-state index contributed by atoms with van der Waals surface area (Å²) in [5.74, 6) is 6.49. The van der Waals surface area contributed by atoms with E-state index in [0.29, 0.717) is 0 Å². The number of fused-ring (bicyclic) bond motifs is 2. The number of nitrogens with one attached hydrogen (secondary N) is 1. The molecule has 3 heterocycles. The Bertz CT molecular complexity index is 1070. The summed E-state index contributed by atoms with van der Waals surface area (Å²) in [5, 5.41) is 1.09. The number of pyridine rings is 1. The van der Waals surface area contributed by atoms with Crippen molar-refractivity contribution >= 4 is 21.9 Å². The van der Waals surface area contributed by atoms with E-state index in [-0.39, 0.29) is 0 Å². The molecule has 4 nitrogen and oxygen atoms in total. The van der Waals surface area contributed by atoms with Crippen LogP contribution in [0.3, 0.4) is 0 Å². The number of aromatic nitrogens is 4. The molecule has 0 amide bonds. The molecule has 0 fully saturated rings. The van der Waals surface area contributed by atoms with Crippen LogP contribution < -0.4 is 0 Å². The van der Waals surface area contributed by atoms with Crippen LogP contribution in [0.5, 0.6) is 0 Å². The van der Waals surface area contributed by atoms with Gasteiger partial charge in [0.1, 0.15) is 0 Å². The fourth-order valence-corrected chi connectivity index (χ4v) is 2.88. The van der Waals surface area contributed by atoms with Gasteiger partial charge in [0.2, 0.25) is 0 Å². The average Bonchev–Trinajstić information content (AvgIpc) is 3.17. The Kier molecular flexibility index (Phi) is 3.13. The third-order valence-electron chi connectivity index (χ3n) is 4.09. The number of aryl methyl sites for hydroxylation is 2. The number of benzene rings is 1. The molecular weight excluding hydrogens is 284 g/mol. The van der Waals surface area contributed by atoms with Crippen molar-refractivity contribution in [2.75, 3.05) is 0 Å². The van der Waals surface area contributed by atoms with Gasteiger partial charge in [0.05, 0.1) is 28.4 Å². The predicted octanol–water partition coefficient (Wildman–Crippen LogP) is 3.64. The summed E-state index contributed by atoms with van der Waals surface area (Å²) in [5.41, 5.74) is 6.13. The minimum Gasteiger partial charge on any atom is -0.360 e. The van der Waals surface area contributed by atoms with Gasteiger partial charge >= 0.3 is 0 Å². The highest BCUT2D eigenvalue weighted by Crippen LogP contribution is 2.20. The van der Waals surface area contributed by atoms with Crippen molar-refractivity contribution < 1.29 is 0 Å². The Morgan fingerprint density at radius 2 is 2.09 bits per heavy atom. The van der Waals surface area contributed by atoms with Crippen molar-refractivity contribution in [3.8, 4) is 11.8 Å². The highest BCUT2D eigenvalue weighted by molar-refractivity contribution is 5.88. The smallest absolute Gasteiger partial charge is 0.0958 e. The van der Waals surface area contributed by atoms with Gasteiger partial charge in [-0.05, 0) is 38.1 Å². The fourth-order valence-electron chi connectivity index (χ4n) is 2.88. The molecule has 0 radical (unpaired) electrons. The molecule has 1 aromatic carbocycles. The summed E-state index contributed by atoms with van der Waals surface area (Å²) in [6, 6.07) is 8.13. The Balaban J connectivity index is 1.77. The Morgan fingerprint density at radius 1 is 1.17 bits per heavy atom. The predicted molar refractivity (Wildman–Crippen MR) is 92.2 cm³/mol. The molecule has 0 spiro atoms. The van der Waals surface area contributed by atoms with Gasteiger partial charge in [-0.3, -0.25) is 4.98 Å². The van der Waals surface area contributed by atoms with Crippen molar-refractivity contribution in [2.24, 2.45) is 0 Å². The quantitative estimate of drug-likeness (QED) is 0.546. The molecule has 0 aliphatic carbocycles. The molecule has 4 rings (SSSR count). The number of H-pyrrole nitrogens is 1. The number of hydrogen-bond donors (Lipinski definition) is 1. The van der Waals surface area contributed by atoms with Crippen LogP contribution in [0.4, 0.5) is 0 Å².